The van der Waals surface area contributed by atoms with Crippen LogP contribution in [0.15, 0.2) is 48.8 Å². The van der Waals surface area contributed by atoms with Crippen molar-refractivity contribution in [1.82, 2.24) is 19.5 Å². The number of ketones is 1. The van der Waals surface area contributed by atoms with E-state index in [2.05, 4.69) is 20.3 Å². The molecule has 0 bridgehead atoms. The van der Waals surface area contributed by atoms with Gasteiger partial charge in [-0.15, -0.1) is 11.3 Å². The van der Waals surface area contributed by atoms with Crippen LogP contribution in [0.2, 0.25) is 0 Å². The summed E-state index contributed by atoms with van der Waals surface area (Å²) in [5.74, 6) is 0.337. The van der Waals surface area contributed by atoms with Crippen LogP contribution in [-0.4, -0.2) is 25.3 Å². The monoisotopic (exact) mass is 363 g/mol. The van der Waals surface area contributed by atoms with E-state index in [-0.39, 0.29) is 5.78 Å². The summed E-state index contributed by atoms with van der Waals surface area (Å²) in [6.45, 7) is 2.47. The van der Waals surface area contributed by atoms with E-state index in [9.17, 15) is 4.79 Å². The summed E-state index contributed by atoms with van der Waals surface area (Å²) in [7, 11) is 1.90. The fourth-order valence-corrected chi connectivity index (χ4v) is 3.54. The normalized spacial score (nSPS) is 11.0. The maximum Gasteiger partial charge on any atom is 0.225 e. The number of thiophene rings is 1. The molecule has 0 amide bonds. The maximum absolute atomic E-state index is 13.0. The van der Waals surface area contributed by atoms with Gasteiger partial charge in [0.15, 0.2) is 0 Å². The number of pyridine rings is 1. The first-order chi connectivity index (χ1) is 12.6. The molecule has 0 aliphatic carbocycles. The predicted octanol–water partition coefficient (Wildman–Crippen LogP) is 3.58. The largest absolute Gasteiger partial charge is 0.348 e. The molecular formula is C19H17N5OS. The number of hydrogen-bond acceptors (Lipinski definition) is 6. The van der Waals surface area contributed by atoms with E-state index in [0.717, 1.165) is 21.6 Å². The molecule has 6 nitrogen and oxygen atoms in total. The van der Waals surface area contributed by atoms with Gasteiger partial charge in [0, 0.05) is 29.7 Å². The summed E-state index contributed by atoms with van der Waals surface area (Å²) in [6, 6.07) is 11.4. The summed E-state index contributed by atoms with van der Waals surface area (Å²) in [5.41, 5.74) is 2.02. The van der Waals surface area contributed by atoms with Crippen molar-refractivity contribution in [2.75, 3.05) is 5.32 Å². The molecule has 0 unspecified atom stereocenters. The first kappa shape index (κ1) is 16.4. The van der Waals surface area contributed by atoms with Gasteiger partial charge in [-0.2, -0.15) is 4.98 Å². The molecule has 0 aliphatic rings. The molecule has 4 heterocycles. The lowest BCUT2D eigenvalue weighted by atomic mass is 10.2. The number of aryl methyl sites for hydroxylation is 2. The molecule has 4 rings (SSSR count). The van der Waals surface area contributed by atoms with Crippen LogP contribution >= 0.6 is 11.3 Å². The molecular weight excluding hydrogens is 346 g/mol. The van der Waals surface area contributed by atoms with Crippen LogP contribution in [0.4, 0.5) is 5.95 Å². The van der Waals surface area contributed by atoms with Crippen molar-refractivity contribution in [2.45, 2.75) is 13.5 Å². The molecule has 0 radical (unpaired) electrons. The number of nitrogens with zero attached hydrogens (tertiary/aromatic N) is 4. The highest BCUT2D eigenvalue weighted by atomic mass is 32.1. The van der Waals surface area contributed by atoms with Crippen LogP contribution in [0.25, 0.3) is 11.0 Å². The average molecular weight is 363 g/mol. The standard InChI is InChI=1S/C19H17N5OS/c1-12-6-7-15(26-12)17(25)16-14-8-10-24(2)18(14)23-19(22-16)21-11-13-5-3-4-9-20-13/h3-10H,11H2,1-2H3,(H,21,22,23). The summed E-state index contributed by atoms with van der Waals surface area (Å²) in [5, 5.41) is 3.93. The second kappa shape index (κ2) is 6.68. The van der Waals surface area contributed by atoms with Crippen molar-refractivity contribution in [1.29, 1.82) is 0 Å². The number of carbonyl (C=O) groups excluding carboxylic acids is 1. The molecule has 7 heteroatoms. The second-order valence-corrected chi connectivity index (χ2v) is 7.26. The smallest absolute Gasteiger partial charge is 0.225 e. The van der Waals surface area contributed by atoms with Crippen LogP contribution < -0.4 is 5.32 Å². The predicted molar refractivity (Wildman–Crippen MR) is 103 cm³/mol. The van der Waals surface area contributed by atoms with Gasteiger partial charge in [-0.25, -0.2) is 4.98 Å². The minimum Gasteiger partial charge on any atom is -0.348 e. The van der Waals surface area contributed by atoms with Crippen molar-refractivity contribution >= 4 is 34.1 Å². The number of aromatic nitrogens is 4. The molecule has 4 aromatic rings. The van der Waals surface area contributed by atoms with Crippen LogP contribution in [0.5, 0.6) is 0 Å². The highest BCUT2D eigenvalue weighted by Crippen LogP contribution is 2.24. The molecule has 4 aromatic heterocycles. The summed E-state index contributed by atoms with van der Waals surface area (Å²) >= 11 is 1.47. The van der Waals surface area contributed by atoms with Gasteiger partial charge < -0.3 is 9.88 Å². The van der Waals surface area contributed by atoms with Crippen LogP contribution in [0.1, 0.15) is 25.9 Å². The highest BCUT2D eigenvalue weighted by Gasteiger charge is 2.19. The van der Waals surface area contributed by atoms with Gasteiger partial charge in [-0.3, -0.25) is 9.78 Å². The summed E-state index contributed by atoms with van der Waals surface area (Å²) in [6.07, 6.45) is 3.63. The molecule has 130 valence electrons. The molecule has 0 saturated carbocycles. The zero-order valence-electron chi connectivity index (χ0n) is 14.4. The van der Waals surface area contributed by atoms with E-state index < -0.39 is 0 Å². The van der Waals surface area contributed by atoms with Gasteiger partial charge in [0.1, 0.15) is 11.3 Å². The van der Waals surface area contributed by atoms with E-state index in [1.54, 1.807) is 6.20 Å². The molecule has 26 heavy (non-hydrogen) atoms. The topological polar surface area (TPSA) is 72.7 Å². The Labute approximate surface area is 154 Å². The Kier molecular flexibility index (Phi) is 4.22. The third-order valence-electron chi connectivity index (χ3n) is 4.06. The Morgan fingerprint density at radius 1 is 1.19 bits per heavy atom. The first-order valence-electron chi connectivity index (χ1n) is 8.20. The Hall–Kier alpha value is -3.06. The van der Waals surface area contributed by atoms with Crippen molar-refractivity contribution in [3.63, 3.8) is 0 Å². The number of anilines is 1. The molecule has 0 aromatic carbocycles. The molecule has 0 saturated heterocycles. The molecule has 0 spiro atoms. The van der Waals surface area contributed by atoms with Crippen molar-refractivity contribution in [2.24, 2.45) is 7.05 Å². The van der Waals surface area contributed by atoms with Crippen LogP contribution in [0.3, 0.4) is 0 Å². The average Bonchev–Trinajstić information content (AvgIpc) is 3.26. The van der Waals surface area contributed by atoms with E-state index in [0.29, 0.717) is 23.1 Å². The van der Waals surface area contributed by atoms with Gasteiger partial charge in [-0.05, 0) is 37.3 Å². The van der Waals surface area contributed by atoms with Crippen LogP contribution in [0, 0.1) is 6.92 Å². The van der Waals surface area contributed by atoms with Crippen LogP contribution in [-0.2, 0) is 13.6 Å². The SMILES string of the molecule is Cc1ccc(C(=O)c2nc(NCc3ccccn3)nc3c2ccn3C)s1. The Morgan fingerprint density at radius 3 is 2.81 bits per heavy atom. The van der Waals surface area contributed by atoms with Gasteiger partial charge in [-0.1, -0.05) is 6.07 Å². The van der Waals surface area contributed by atoms with Crippen molar-refractivity contribution < 1.29 is 4.79 Å². The number of nitrogens with one attached hydrogen (secondary N) is 1. The van der Waals surface area contributed by atoms with Crippen molar-refractivity contribution in [3.8, 4) is 0 Å². The van der Waals surface area contributed by atoms with E-state index in [1.165, 1.54) is 11.3 Å². The van der Waals surface area contributed by atoms with Gasteiger partial charge in [0.2, 0.25) is 11.7 Å². The quantitative estimate of drug-likeness (QED) is 0.549. The Bertz CT molecular complexity index is 1080. The van der Waals surface area contributed by atoms with E-state index >= 15 is 0 Å². The lowest BCUT2D eigenvalue weighted by Crippen LogP contribution is -2.10. The fraction of sp³-hybridized carbons (Fsp3) is 0.158. The molecule has 1 N–H and O–H groups in total. The molecule has 0 fully saturated rings. The lowest BCUT2D eigenvalue weighted by molar-refractivity contribution is 0.103. The third-order valence-corrected chi connectivity index (χ3v) is 5.06. The molecule has 0 aliphatic heterocycles. The maximum atomic E-state index is 13.0. The van der Waals surface area contributed by atoms with Gasteiger partial charge in [0.05, 0.1) is 17.1 Å². The van der Waals surface area contributed by atoms with E-state index in [4.69, 9.17) is 0 Å². The van der Waals surface area contributed by atoms with Crippen molar-refractivity contribution in [3.05, 3.63) is 69.9 Å². The summed E-state index contributed by atoms with van der Waals surface area (Å²) < 4.78 is 1.89. The lowest BCUT2D eigenvalue weighted by Gasteiger charge is -2.08. The van der Waals surface area contributed by atoms with E-state index in [1.807, 2.05) is 61.1 Å². The molecule has 0 atom stereocenters. The fourth-order valence-electron chi connectivity index (χ4n) is 2.73. The third kappa shape index (κ3) is 3.09. The number of fused-ring (bicyclic) bond motifs is 1. The number of hydrogen-bond donors (Lipinski definition) is 1. The number of rotatable bonds is 5. The minimum absolute atomic E-state index is 0.0809. The van der Waals surface area contributed by atoms with Gasteiger partial charge in [0.25, 0.3) is 0 Å². The zero-order chi connectivity index (χ0) is 18.1. The van der Waals surface area contributed by atoms with Gasteiger partial charge >= 0.3 is 0 Å². The second-order valence-electron chi connectivity index (χ2n) is 5.97. The zero-order valence-corrected chi connectivity index (χ0v) is 15.2. The first-order valence-corrected chi connectivity index (χ1v) is 9.01. The number of carbonyl (C=O) groups is 1. The summed E-state index contributed by atoms with van der Waals surface area (Å²) in [4.78, 5) is 28.1. The Balaban J connectivity index is 1.73. The Morgan fingerprint density at radius 2 is 2.08 bits per heavy atom. The minimum atomic E-state index is -0.0809. The highest BCUT2D eigenvalue weighted by molar-refractivity contribution is 7.14.